The first-order valence-corrected chi connectivity index (χ1v) is 12.2. The summed E-state index contributed by atoms with van der Waals surface area (Å²) < 4.78 is 23.9. The Morgan fingerprint density at radius 3 is 2.62 bits per heavy atom. The van der Waals surface area contributed by atoms with Gasteiger partial charge in [-0.05, 0) is 75.4 Å². The molecule has 0 bridgehead atoms. The highest BCUT2D eigenvalue weighted by Gasteiger charge is 2.31. The molecule has 2 aromatic rings. The predicted molar refractivity (Wildman–Crippen MR) is 130 cm³/mol. The molecule has 0 aromatic heterocycles. The summed E-state index contributed by atoms with van der Waals surface area (Å²) >= 11 is 0. The van der Waals surface area contributed by atoms with Crippen LogP contribution in [0.3, 0.4) is 0 Å². The lowest BCUT2D eigenvalue weighted by Gasteiger charge is -2.37. The number of hydrogen-bond acceptors (Lipinski definition) is 6. The maximum Gasteiger partial charge on any atom is 0.410 e. The van der Waals surface area contributed by atoms with Crippen molar-refractivity contribution in [3.8, 4) is 17.2 Å². The molecule has 7 nitrogen and oxygen atoms in total. The number of fused-ring (bicyclic) bond motifs is 3. The number of carbonyl (C=O) groups is 1. The van der Waals surface area contributed by atoms with E-state index in [-0.39, 0.29) is 12.2 Å². The molecule has 1 amide bonds. The Hall–Kier alpha value is -3.09. The molecule has 0 aliphatic carbocycles. The summed E-state index contributed by atoms with van der Waals surface area (Å²) in [6.07, 6.45) is 1.30. The maximum atomic E-state index is 12.7. The summed E-state index contributed by atoms with van der Waals surface area (Å²) in [6.45, 7) is 11.9. The van der Waals surface area contributed by atoms with Crippen LogP contribution in [0.15, 0.2) is 30.3 Å². The molecule has 0 saturated carbocycles. The number of rotatable bonds is 2. The molecule has 5 rings (SSSR count). The quantitative estimate of drug-likeness (QED) is 0.655. The highest BCUT2D eigenvalue weighted by molar-refractivity contribution is 5.71. The van der Waals surface area contributed by atoms with Crippen LogP contribution in [0.4, 0.5) is 10.5 Å². The Morgan fingerprint density at radius 2 is 1.82 bits per heavy atom. The highest BCUT2D eigenvalue weighted by Crippen LogP contribution is 2.40. The fraction of sp³-hybridized carbons (Fsp3) is 0.519. The number of amides is 1. The molecule has 7 heteroatoms. The van der Waals surface area contributed by atoms with Gasteiger partial charge in [-0.25, -0.2) is 4.79 Å². The zero-order valence-corrected chi connectivity index (χ0v) is 20.6. The van der Waals surface area contributed by atoms with Gasteiger partial charge in [-0.1, -0.05) is 12.1 Å². The molecule has 3 aliphatic rings. The van der Waals surface area contributed by atoms with Crippen molar-refractivity contribution < 1.29 is 23.7 Å². The van der Waals surface area contributed by atoms with E-state index in [9.17, 15) is 4.79 Å². The topological polar surface area (TPSA) is 60.5 Å². The van der Waals surface area contributed by atoms with E-state index < -0.39 is 5.60 Å². The first-order valence-electron chi connectivity index (χ1n) is 12.2. The fourth-order valence-electron chi connectivity index (χ4n) is 5.04. The van der Waals surface area contributed by atoms with Crippen LogP contribution >= 0.6 is 0 Å². The smallest absolute Gasteiger partial charge is 0.410 e. The Morgan fingerprint density at radius 1 is 1.06 bits per heavy atom. The van der Waals surface area contributed by atoms with Gasteiger partial charge >= 0.3 is 6.09 Å². The van der Waals surface area contributed by atoms with E-state index in [1.54, 1.807) is 0 Å². The normalized spacial score (nSPS) is 19.5. The van der Waals surface area contributed by atoms with Crippen molar-refractivity contribution in [3.05, 3.63) is 47.0 Å². The summed E-state index contributed by atoms with van der Waals surface area (Å²) in [5.74, 6) is 2.52. The van der Waals surface area contributed by atoms with E-state index >= 15 is 0 Å². The number of nitrogens with zero attached hydrogens (tertiary/aromatic N) is 2. The minimum absolute atomic E-state index is 0.0540. The standard InChI is InChI=1S/C27H34N2O5/c1-18-21-10-12-28(26(30)34-27(2,3)4)11-9-19(21)15-24-25(18)29(13-14-31-24)16-20-17-32-22-7-5-6-8-23(22)33-20/h5-8,15,20H,9-14,16-17H2,1-4H3. The van der Waals surface area contributed by atoms with Crippen molar-refractivity contribution in [1.29, 1.82) is 0 Å². The molecular weight excluding hydrogens is 432 g/mol. The van der Waals surface area contributed by atoms with Gasteiger partial charge in [0.25, 0.3) is 0 Å². The minimum Gasteiger partial charge on any atom is -0.490 e. The average molecular weight is 467 g/mol. The summed E-state index contributed by atoms with van der Waals surface area (Å²) in [7, 11) is 0. The van der Waals surface area contributed by atoms with Crippen molar-refractivity contribution >= 4 is 11.8 Å². The summed E-state index contributed by atoms with van der Waals surface area (Å²) in [4.78, 5) is 16.9. The van der Waals surface area contributed by atoms with Crippen molar-refractivity contribution in [2.45, 2.75) is 52.2 Å². The molecule has 182 valence electrons. The summed E-state index contributed by atoms with van der Waals surface area (Å²) in [5.41, 5.74) is 4.45. The zero-order valence-electron chi connectivity index (χ0n) is 20.6. The molecule has 0 spiro atoms. The first-order chi connectivity index (χ1) is 16.3. The van der Waals surface area contributed by atoms with Crippen LogP contribution in [0.1, 0.15) is 37.5 Å². The van der Waals surface area contributed by atoms with Crippen molar-refractivity contribution in [3.63, 3.8) is 0 Å². The van der Waals surface area contributed by atoms with Gasteiger partial charge in [0.15, 0.2) is 17.6 Å². The molecule has 0 radical (unpaired) electrons. The van der Waals surface area contributed by atoms with Crippen LogP contribution < -0.4 is 19.1 Å². The third-order valence-corrected chi connectivity index (χ3v) is 6.60. The minimum atomic E-state index is -0.495. The van der Waals surface area contributed by atoms with Crippen molar-refractivity contribution in [2.24, 2.45) is 0 Å². The van der Waals surface area contributed by atoms with E-state index in [1.165, 1.54) is 16.7 Å². The SMILES string of the molecule is Cc1c2c(cc3c1N(CC1COc4ccccc4O1)CCO3)CCN(C(=O)OC(C)(C)C)CC2. The van der Waals surface area contributed by atoms with Crippen LogP contribution in [0.5, 0.6) is 17.2 Å². The van der Waals surface area contributed by atoms with Crippen molar-refractivity contribution in [2.75, 3.05) is 44.3 Å². The lowest BCUT2D eigenvalue weighted by molar-refractivity contribution is 0.0258. The summed E-state index contributed by atoms with van der Waals surface area (Å²) in [6, 6.07) is 10.00. The number of para-hydroxylation sites is 2. The third-order valence-electron chi connectivity index (χ3n) is 6.60. The van der Waals surface area contributed by atoms with Gasteiger partial charge in [-0.15, -0.1) is 0 Å². The van der Waals surface area contributed by atoms with E-state index in [1.807, 2.05) is 49.9 Å². The predicted octanol–water partition coefficient (Wildman–Crippen LogP) is 4.37. The molecule has 0 fully saturated rings. The Kier molecular flexibility index (Phi) is 5.96. The van der Waals surface area contributed by atoms with E-state index in [0.29, 0.717) is 26.3 Å². The van der Waals surface area contributed by atoms with Crippen LogP contribution in [0.2, 0.25) is 0 Å². The highest BCUT2D eigenvalue weighted by atomic mass is 16.6. The Bertz CT molecular complexity index is 1080. The van der Waals surface area contributed by atoms with Crippen LogP contribution in [0.25, 0.3) is 0 Å². The fourth-order valence-corrected chi connectivity index (χ4v) is 5.04. The molecular formula is C27H34N2O5. The lowest BCUT2D eigenvalue weighted by Crippen LogP contribution is -2.44. The second kappa shape index (κ2) is 8.93. The van der Waals surface area contributed by atoms with E-state index in [4.69, 9.17) is 18.9 Å². The second-order valence-electron chi connectivity index (χ2n) is 10.2. The average Bonchev–Trinajstić information content (AvgIpc) is 3.01. The lowest BCUT2D eigenvalue weighted by atomic mass is 9.94. The third kappa shape index (κ3) is 4.61. The van der Waals surface area contributed by atoms with Gasteiger partial charge in [0.05, 0.1) is 18.8 Å². The molecule has 2 aromatic carbocycles. The number of ether oxygens (including phenoxy) is 4. The van der Waals surface area contributed by atoms with Crippen LogP contribution in [-0.4, -0.2) is 62.1 Å². The second-order valence-corrected chi connectivity index (χ2v) is 10.2. The van der Waals surface area contributed by atoms with Gasteiger partial charge < -0.3 is 28.7 Å². The number of anilines is 1. The van der Waals surface area contributed by atoms with Crippen molar-refractivity contribution in [1.82, 2.24) is 4.90 Å². The molecule has 3 heterocycles. The summed E-state index contributed by atoms with van der Waals surface area (Å²) in [5, 5.41) is 0. The molecule has 3 aliphatic heterocycles. The first kappa shape index (κ1) is 22.7. The van der Waals surface area contributed by atoms with E-state index in [0.717, 1.165) is 48.9 Å². The van der Waals surface area contributed by atoms with Gasteiger partial charge in [-0.3, -0.25) is 0 Å². The molecule has 0 saturated heterocycles. The molecule has 0 N–H and O–H groups in total. The number of carbonyl (C=O) groups excluding carboxylic acids is 1. The van der Waals surface area contributed by atoms with E-state index in [2.05, 4.69) is 17.9 Å². The monoisotopic (exact) mass is 466 g/mol. The van der Waals surface area contributed by atoms with Gasteiger partial charge in [-0.2, -0.15) is 0 Å². The molecule has 1 unspecified atom stereocenters. The Balaban J connectivity index is 1.35. The largest absolute Gasteiger partial charge is 0.490 e. The molecule has 1 atom stereocenters. The van der Waals surface area contributed by atoms with Crippen LogP contribution in [-0.2, 0) is 17.6 Å². The van der Waals surface area contributed by atoms with Gasteiger partial charge in [0, 0.05) is 13.1 Å². The molecule has 34 heavy (non-hydrogen) atoms. The Labute approximate surface area is 201 Å². The van der Waals surface area contributed by atoms with Gasteiger partial charge in [0.1, 0.15) is 24.6 Å². The zero-order chi connectivity index (χ0) is 23.9. The van der Waals surface area contributed by atoms with Gasteiger partial charge in [0.2, 0.25) is 0 Å². The maximum absolute atomic E-state index is 12.7. The number of benzene rings is 2. The van der Waals surface area contributed by atoms with Crippen LogP contribution in [0, 0.1) is 6.92 Å². The number of hydrogen-bond donors (Lipinski definition) is 0.